The highest BCUT2D eigenvalue weighted by atomic mass is 19.4. The van der Waals surface area contributed by atoms with Crippen molar-refractivity contribution >= 4 is 11.8 Å². The first-order valence-corrected chi connectivity index (χ1v) is 12.9. The number of rotatable bonds is 8. The number of hydrogen-bond donors (Lipinski definition) is 2. The van der Waals surface area contributed by atoms with E-state index >= 15 is 0 Å². The normalized spacial score (nSPS) is 13.6. The van der Waals surface area contributed by atoms with Crippen LogP contribution in [0.5, 0.6) is 0 Å². The van der Waals surface area contributed by atoms with Gasteiger partial charge in [0, 0.05) is 29.1 Å². The molecule has 5 rings (SSSR count). The lowest BCUT2D eigenvalue weighted by Crippen LogP contribution is -2.34. The van der Waals surface area contributed by atoms with Crippen LogP contribution in [0, 0.1) is 17.5 Å². The third kappa shape index (κ3) is 5.99. The second kappa shape index (κ2) is 11.3. The van der Waals surface area contributed by atoms with Crippen molar-refractivity contribution in [1.29, 1.82) is 0 Å². The first-order valence-electron chi connectivity index (χ1n) is 12.9. The Kier molecular flexibility index (Phi) is 7.76. The molecule has 3 N–H and O–H groups in total. The monoisotopic (exact) mass is 587 g/mol. The summed E-state index contributed by atoms with van der Waals surface area (Å²) in [5.74, 6) is -4.29. The smallest absolute Gasteiger partial charge is 0.366 e. The Labute approximate surface area is 235 Å². The molecule has 2 heterocycles. The fourth-order valence-electron chi connectivity index (χ4n) is 5.25. The summed E-state index contributed by atoms with van der Waals surface area (Å²) in [6.45, 7) is -0.545. The molecule has 1 aliphatic rings. The quantitative estimate of drug-likeness (QED) is 0.281. The highest BCUT2D eigenvalue weighted by Gasteiger charge is 2.40. The van der Waals surface area contributed by atoms with Gasteiger partial charge in [0.05, 0.1) is 17.3 Å². The van der Waals surface area contributed by atoms with E-state index in [9.17, 15) is 35.9 Å². The molecule has 1 aliphatic carbocycles. The minimum Gasteiger partial charge on any atom is -0.366 e. The molecule has 4 aromatic rings. The van der Waals surface area contributed by atoms with E-state index in [-0.39, 0.29) is 35.2 Å². The van der Waals surface area contributed by atoms with Crippen molar-refractivity contribution < 1.29 is 35.9 Å². The average Bonchev–Trinajstić information content (AvgIpc) is 3.51. The molecule has 13 heteroatoms. The fraction of sp³-hybridized carbons (Fsp3) is 0.241. The lowest BCUT2D eigenvalue weighted by atomic mass is 9.94. The third-order valence-corrected chi connectivity index (χ3v) is 6.98. The number of nitrogens with zero attached hydrogens (tertiary/aromatic N) is 3. The van der Waals surface area contributed by atoms with Crippen LogP contribution < -0.4 is 11.1 Å². The van der Waals surface area contributed by atoms with Gasteiger partial charge in [0.2, 0.25) is 5.91 Å². The molecule has 0 unspecified atom stereocenters. The topological polar surface area (TPSA) is 103 Å². The first kappa shape index (κ1) is 28.8. The van der Waals surface area contributed by atoms with Crippen molar-refractivity contribution in [1.82, 2.24) is 20.1 Å². The first-order chi connectivity index (χ1) is 19.9. The fourth-order valence-corrected chi connectivity index (χ4v) is 5.25. The zero-order valence-electron chi connectivity index (χ0n) is 21.8. The summed E-state index contributed by atoms with van der Waals surface area (Å²) >= 11 is 0. The van der Waals surface area contributed by atoms with E-state index < -0.39 is 53.7 Å². The maximum absolute atomic E-state index is 14.2. The Morgan fingerprint density at radius 3 is 2.45 bits per heavy atom. The van der Waals surface area contributed by atoms with Gasteiger partial charge in [0.15, 0.2) is 5.69 Å². The number of aromatic nitrogens is 3. The number of benzene rings is 2. The minimum atomic E-state index is -4.68. The highest BCUT2D eigenvalue weighted by Crippen LogP contribution is 2.36. The Morgan fingerprint density at radius 2 is 1.76 bits per heavy atom. The molecule has 0 spiro atoms. The van der Waals surface area contributed by atoms with Crippen LogP contribution in [0.1, 0.15) is 51.0 Å². The van der Waals surface area contributed by atoms with E-state index in [0.717, 1.165) is 22.9 Å². The number of primary amides is 1. The van der Waals surface area contributed by atoms with Crippen LogP contribution in [-0.4, -0.2) is 26.6 Å². The zero-order valence-corrected chi connectivity index (χ0v) is 21.8. The molecule has 0 aliphatic heterocycles. The van der Waals surface area contributed by atoms with Gasteiger partial charge in [-0.3, -0.25) is 19.3 Å². The average molecular weight is 588 g/mol. The Morgan fingerprint density at radius 1 is 1.02 bits per heavy atom. The molecule has 1 atom stereocenters. The van der Waals surface area contributed by atoms with Gasteiger partial charge in [-0.15, -0.1) is 0 Å². The minimum absolute atomic E-state index is 0.0654. The molecule has 0 saturated heterocycles. The molecular weight excluding hydrogens is 564 g/mol. The van der Waals surface area contributed by atoms with E-state index in [4.69, 9.17) is 5.73 Å². The summed E-state index contributed by atoms with van der Waals surface area (Å²) in [6.07, 6.45) is -2.43. The lowest BCUT2D eigenvalue weighted by molar-refractivity contribution is -0.142. The van der Waals surface area contributed by atoms with Crippen LogP contribution in [0.25, 0.3) is 11.1 Å². The molecule has 7 nitrogen and oxygen atoms in total. The summed E-state index contributed by atoms with van der Waals surface area (Å²) in [7, 11) is 0. The number of fused-ring (bicyclic) bond motifs is 1. The number of amides is 2. The van der Waals surface area contributed by atoms with Crippen molar-refractivity contribution in [2.24, 2.45) is 5.73 Å². The molecule has 0 radical (unpaired) electrons. The van der Waals surface area contributed by atoms with E-state index in [1.54, 1.807) is 12.1 Å². The number of alkyl halides is 3. The molecule has 2 aromatic carbocycles. The van der Waals surface area contributed by atoms with Crippen LogP contribution in [0.15, 0.2) is 54.7 Å². The van der Waals surface area contributed by atoms with Crippen LogP contribution in [0.4, 0.5) is 26.3 Å². The molecule has 0 saturated carbocycles. The largest absolute Gasteiger partial charge is 0.435 e. The van der Waals surface area contributed by atoms with E-state index in [0.29, 0.717) is 35.7 Å². The van der Waals surface area contributed by atoms with Crippen LogP contribution in [0.2, 0.25) is 0 Å². The molecule has 218 valence electrons. The van der Waals surface area contributed by atoms with Crippen molar-refractivity contribution in [2.45, 2.75) is 44.4 Å². The van der Waals surface area contributed by atoms with Gasteiger partial charge >= 0.3 is 6.18 Å². The van der Waals surface area contributed by atoms with Crippen molar-refractivity contribution in [3.63, 3.8) is 0 Å². The summed E-state index contributed by atoms with van der Waals surface area (Å²) in [6, 6.07) is 8.54. The Balaban J connectivity index is 1.52. The van der Waals surface area contributed by atoms with Crippen LogP contribution in [0.3, 0.4) is 0 Å². The van der Waals surface area contributed by atoms with Crippen molar-refractivity contribution in [3.8, 4) is 11.1 Å². The number of nitrogens with two attached hydrogens (primary N) is 1. The maximum Gasteiger partial charge on any atom is 0.435 e. The number of halogens is 6. The zero-order chi connectivity index (χ0) is 30.2. The summed E-state index contributed by atoms with van der Waals surface area (Å²) in [5.41, 5.74) is 5.29. The molecular formula is C29H23F6N5O2. The SMILES string of the molecule is NC(=O)c1cc(-c2cccnc2[C@H](Cc2cc(F)cc(F)c2)NC(=O)Cn2nc(C(F)(F)F)c3c2CCC3)ccc1F. The predicted molar refractivity (Wildman–Crippen MR) is 138 cm³/mol. The van der Waals surface area contributed by atoms with Crippen molar-refractivity contribution in [2.75, 3.05) is 0 Å². The molecule has 42 heavy (non-hydrogen) atoms. The molecule has 0 bridgehead atoms. The van der Waals surface area contributed by atoms with Gasteiger partial charge in [0.25, 0.3) is 5.91 Å². The van der Waals surface area contributed by atoms with E-state index in [2.05, 4.69) is 15.4 Å². The lowest BCUT2D eigenvalue weighted by Gasteiger charge is -2.22. The summed E-state index contributed by atoms with van der Waals surface area (Å²) in [4.78, 5) is 29.4. The number of nitrogens with one attached hydrogen (secondary N) is 1. The van der Waals surface area contributed by atoms with Gasteiger partial charge in [-0.1, -0.05) is 12.1 Å². The van der Waals surface area contributed by atoms with Gasteiger partial charge in [-0.25, -0.2) is 13.2 Å². The Bertz CT molecular complexity index is 1660. The number of hydrogen-bond acceptors (Lipinski definition) is 4. The summed E-state index contributed by atoms with van der Waals surface area (Å²) < 4.78 is 83.9. The van der Waals surface area contributed by atoms with Gasteiger partial charge in [0.1, 0.15) is 24.0 Å². The standard InChI is InChI=1S/C29H23F6N5O2/c30-17-9-15(10-18(31)13-17)11-23(26-19(4-2-8-37-26)16-6-7-22(32)21(12-16)28(36)42)38-25(41)14-40-24-5-1-3-20(24)27(39-40)29(33,34)35/h2,4,6-10,12-13,23H,1,3,5,11,14H2,(H2,36,42)(H,38,41)/t23-/m0/s1. The van der Waals surface area contributed by atoms with E-state index in [1.165, 1.54) is 18.3 Å². The summed E-state index contributed by atoms with van der Waals surface area (Å²) in [5, 5.41) is 6.38. The van der Waals surface area contributed by atoms with E-state index in [1.807, 2.05) is 0 Å². The predicted octanol–water partition coefficient (Wildman–Crippen LogP) is 5.07. The van der Waals surface area contributed by atoms with Crippen LogP contribution >= 0.6 is 0 Å². The van der Waals surface area contributed by atoms with Gasteiger partial charge in [-0.2, -0.15) is 18.3 Å². The van der Waals surface area contributed by atoms with Crippen molar-refractivity contribution in [3.05, 3.63) is 106 Å². The maximum atomic E-state index is 14.2. The molecule has 2 amide bonds. The highest BCUT2D eigenvalue weighted by molar-refractivity contribution is 5.94. The number of pyridine rings is 1. The van der Waals surface area contributed by atoms with Gasteiger partial charge in [-0.05, 0) is 67.1 Å². The number of carbonyl (C=O) groups is 2. The molecule has 0 fully saturated rings. The van der Waals surface area contributed by atoms with Gasteiger partial charge < -0.3 is 11.1 Å². The number of carbonyl (C=O) groups excluding carboxylic acids is 2. The van der Waals surface area contributed by atoms with Crippen LogP contribution in [-0.2, 0) is 36.8 Å². The second-order valence-corrected chi connectivity index (χ2v) is 9.88. The molecule has 2 aromatic heterocycles. The second-order valence-electron chi connectivity index (χ2n) is 9.88. The Hall–Kier alpha value is -4.68. The third-order valence-electron chi connectivity index (χ3n) is 6.98.